The van der Waals surface area contributed by atoms with E-state index in [2.05, 4.69) is 10.6 Å². The largest absolute Gasteiger partial charge is 0.478 e. The third kappa shape index (κ3) is 4.70. The number of rotatable bonds is 7. The monoisotopic (exact) mass is 282 g/mol. The summed E-state index contributed by atoms with van der Waals surface area (Å²) in [6.45, 7) is 8.35. The Balaban J connectivity index is 2.48. The molecule has 1 heterocycles. The Labute approximate surface area is 118 Å². The summed E-state index contributed by atoms with van der Waals surface area (Å²) in [5.41, 5.74) is 0.152. The summed E-state index contributed by atoms with van der Waals surface area (Å²) in [5.74, 6) is 0.173. The molecule has 1 unspecified atom stereocenters. The summed E-state index contributed by atoms with van der Waals surface area (Å²) in [4.78, 5) is 22.6. The first-order valence-corrected chi connectivity index (χ1v) is 6.65. The van der Waals surface area contributed by atoms with Crippen LogP contribution in [0.15, 0.2) is 10.5 Å². The van der Waals surface area contributed by atoms with Crippen molar-refractivity contribution in [1.82, 2.24) is 10.6 Å². The van der Waals surface area contributed by atoms with Gasteiger partial charge in [0, 0.05) is 6.54 Å². The van der Waals surface area contributed by atoms with Crippen LogP contribution in [0.2, 0.25) is 0 Å². The van der Waals surface area contributed by atoms with E-state index >= 15 is 0 Å². The van der Waals surface area contributed by atoms with Gasteiger partial charge in [0.05, 0.1) is 12.6 Å². The number of aromatic carboxylic acids is 1. The highest BCUT2D eigenvalue weighted by atomic mass is 16.4. The van der Waals surface area contributed by atoms with Gasteiger partial charge in [-0.25, -0.2) is 4.79 Å². The van der Waals surface area contributed by atoms with Gasteiger partial charge in [0.15, 0.2) is 0 Å². The van der Waals surface area contributed by atoms with Gasteiger partial charge in [-0.05, 0) is 25.8 Å². The molecule has 1 rings (SSSR count). The molecule has 0 saturated carbocycles. The van der Waals surface area contributed by atoms with Crippen LogP contribution in [-0.4, -0.2) is 29.6 Å². The van der Waals surface area contributed by atoms with Crippen LogP contribution in [0.3, 0.4) is 0 Å². The molecule has 0 fully saturated rings. The fourth-order valence-corrected chi connectivity index (χ4v) is 1.65. The molecule has 3 N–H and O–H groups in total. The average molecular weight is 282 g/mol. The van der Waals surface area contributed by atoms with Crippen molar-refractivity contribution in [2.24, 2.45) is 5.92 Å². The maximum atomic E-state index is 11.8. The number of aryl methyl sites for hydroxylation is 1. The number of carboxylic acid groups (broad SMARTS) is 1. The van der Waals surface area contributed by atoms with E-state index in [-0.39, 0.29) is 17.5 Å². The number of hydrogen-bond donors (Lipinski definition) is 3. The van der Waals surface area contributed by atoms with E-state index < -0.39 is 5.97 Å². The van der Waals surface area contributed by atoms with Crippen molar-refractivity contribution < 1.29 is 19.1 Å². The first-order chi connectivity index (χ1) is 9.31. The molecule has 0 aliphatic rings. The minimum Gasteiger partial charge on any atom is -0.478 e. The third-order valence-electron chi connectivity index (χ3n) is 2.86. The molecule has 1 amide bonds. The zero-order chi connectivity index (χ0) is 15.3. The number of carbonyl (C=O) groups is 2. The Morgan fingerprint density at radius 2 is 2.00 bits per heavy atom. The molecule has 0 aliphatic heterocycles. The van der Waals surface area contributed by atoms with Crippen LogP contribution in [0.4, 0.5) is 0 Å². The number of carbonyl (C=O) groups excluding carboxylic acids is 1. The molecule has 0 aliphatic carbocycles. The highest BCUT2D eigenvalue weighted by Crippen LogP contribution is 2.14. The van der Waals surface area contributed by atoms with Crippen molar-refractivity contribution >= 4 is 11.9 Å². The van der Waals surface area contributed by atoms with Crippen LogP contribution >= 0.6 is 0 Å². The van der Waals surface area contributed by atoms with Gasteiger partial charge in [0.1, 0.15) is 17.1 Å². The molecule has 6 nitrogen and oxygen atoms in total. The second kappa shape index (κ2) is 7.09. The van der Waals surface area contributed by atoms with E-state index in [4.69, 9.17) is 9.52 Å². The fourth-order valence-electron chi connectivity index (χ4n) is 1.65. The second-order valence-electron chi connectivity index (χ2n) is 5.23. The molecule has 0 spiro atoms. The van der Waals surface area contributed by atoms with E-state index in [1.54, 1.807) is 13.8 Å². The van der Waals surface area contributed by atoms with Gasteiger partial charge in [-0.15, -0.1) is 0 Å². The molecule has 1 atom stereocenters. The zero-order valence-electron chi connectivity index (χ0n) is 12.3. The third-order valence-corrected chi connectivity index (χ3v) is 2.86. The molecule has 0 saturated heterocycles. The maximum absolute atomic E-state index is 11.8. The number of nitrogens with one attached hydrogen (secondary N) is 2. The Bertz CT molecular complexity index is 480. The summed E-state index contributed by atoms with van der Waals surface area (Å²) < 4.78 is 5.33. The first-order valence-electron chi connectivity index (χ1n) is 6.65. The number of hydrogen-bond acceptors (Lipinski definition) is 4. The van der Waals surface area contributed by atoms with Gasteiger partial charge >= 0.3 is 5.97 Å². The summed E-state index contributed by atoms with van der Waals surface area (Å²) in [5, 5.41) is 14.8. The SMILES string of the molecule is Cc1oc(CNC(C)C(=O)NCC(C)C)cc1C(=O)O. The minimum absolute atomic E-state index is 0.0829. The number of carboxylic acids is 1. The van der Waals surface area contributed by atoms with Crippen LogP contribution in [-0.2, 0) is 11.3 Å². The molecule has 0 bridgehead atoms. The zero-order valence-corrected chi connectivity index (χ0v) is 12.3. The lowest BCUT2D eigenvalue weighted by molar-refractivity contribution is -0.122. The smallest absolute Gasteiger partial charge is 0.339 e. The van der Waals surface area contributed by atoms with Gasteiger partial charge in [0.25, 0.3) is 0 Å². The molecule has 1 aromatic rings. The van der Waals surface area contributed by atoms with E-state index in [0.717, 1.165) is 0 Å². The molecular weight excluding hydrogens is 260 g/mol. The van der Waals surface area contributed by atoms with E-state index in [9.17, 15) is 9.59 Å². The molecule has 112 valence electrons. The summed E-state index contributed by atoms with van der Waals surface area (Å²) in [6.07, 6.45) is 0. The fraction of sp³-hybridized carbons (Fsp3) is 0.571. The van der Waals surface area contributed by atoms with Gasteiger partial charge < -0.3 is 14.8 Å². The van der Waals surface area contributed by atoms with Crippen molar-refractivity contribution in [3.8, 4) is 0 Å². The van der Waals surface area contributed by atoms with Crippen LogP contribution in [0, 0.1) is 12.8 Å². The Morgan fingerprint density at radius 1 is 1.35 bits per heavy atom. The second-order valence-corrected chi connectivity index (χ2v) is 5.23. The van der Waals surface area contributed by atoms with Gasteiger partial charge in [-0.1, -0.05) is 13.8 Å². The number of furan rings is 1. The van der Waals surface area contributed by atoms with Crippen LogP contribution < -0.4 is 10.6 Å². The lowest BCUT2D eigenvalue weighted by Gasteiger charge is -2.14. The maximum Gasteiger partial charge on any atom is 0.339 e. The lowest BCUT2D eigenvalue weighted by Crippen LogP contribution is -2.42. The standard InChI is InChI=1S/C14H22N2O4/c1-8(2)6-16-13(17)9(3)15-7-11-5-12(14(18)19)10(4)20-11/h5,8-9,15H,6-7H2,1-4H3,(H,16,17)(H,18,19). The molecular formula is C14H22N2O4. The molecule has 20 heavy (non-hydrogen) atoms. The Morgan fingerprint density at radius 3 is 2.50 bits per heavy atom. The molecule has 0 radical (unpaired) electrons. The molecule has 1 aromatic heterocycles. The van der Waals surface area contributed by atoms with Crippen LogP contribution in [0.25, 0.3) is 0 Å². The van der Waals surface area contributed by atoms with Crippen molar-refractivity contribution in [2.45, 2.75) is 40.3 Å². The van der Waals surface area contributed by atoms with E-state index in [1.807, 2.05) is 13.8 Å². The average Bonchev–Trinajstić information content (AvgIpc) is 2.74. The Hall–Kier alpha value is -1.82. The van der Waals surface area contributed by atoms with Gasteiger partial charge in [-0.2, -0.15) is 0 Å². The normalized spacial score (nSPS) is 12.4. The predicted molar refractivity (Wildman–Crippen MR) is 74.6 cm³/mol. The topological polar surface area (TPSA) is 91.6 Å². The molecule has 6 heteroatoms. The van der Waals surface area contributed by atoms with E-state index in [0.29, 0.717) is 30.5 Å². The highest BCUT2D eigenvalue weighted by Gasteiger charge is 2.16. The summed E-state index contributed by atoms with van der Waals surface area (Å²) in [7, 11) is 0. The molecule has 0 aromatic carbocycles. The summed E-state index contributed by atoms with van der Waals surface area (Å²) in [6, 6.07) is 1.11. The van der Waals surface area contributed by atoms with E-state index in [1.165, 1.54) is 6.07 Å². The van der Waals surface area contributed by atoms with Gasteiger partial charge in [0.2, 0.25) is 5.91 Å². The summed E-state index contributed by atoms with van der Waals surface area (Å²) >= 11 is 0. The first kappa shape index (κ1) is 16.2. The van der Waals surface area contributed by atoms with Crippen molar-refractivity contribution in [2.75, 3.05) is 6.54 Å². The predicted octanol–water partition coefficient (Wildman–Crippen LogP) is 1.54. The highest BCUT2D eigenvalue weighted by molar-refractivity contribution is 5.88. The van der Waals surface area contributed by atoms with Crippen molar-refractivity contribution in [3.05, 3.63) is 23.2 Å². The van der Waals surface area contributed by atoms with Crippen molar-refractivity contribution in [1.29, 1.82) is 0 Å². The van der Waals surface area contributed by atoms with Crippen molar-refractivity contribution in [3.63, 3.8) is 0 Å². The minimum atomic E-state index is -1.01. The van der Waals surface area contributed by atoms with Crippen LogP contribution in [0.5, 0.6) is 0 Å². The lowest BCUT2D eigenvalue weighted by atomic mass is 10.2. The van der Waals surface area contributed by atoms with Gasteiger partial charge in [-0.3, -0.25) is 10.1 Å². The van der Waals surface area contributed by atoms with Crippen LogP contribution in [0.1, 0.15) is 42.6 Å². The quantitative estimate of drug-likeness (QED) is 0.705. The number of amides is 1. The Kier molecular flexibility index (Phi) is 5.76.